The highest BCUT2D eigenvalue weighted by molar-refractivity contribution is 7.89. The van der Waals surface area contributed by atoms with Crippen LogP contribution < -0.4 is 4.90 Å². The Hall–Kier alpha value is -3.48. The van der Waals surface area contributed by atoms with Gasteiger partial charge in [-0.2, -0.15) is 4.31 Å². The normalized spacial score (nSPS) is 18.6. The Bertz CT molecular complexity index is 1680. The fourth-order valence-electron chi connectivity index (χ4n) is 5.26. The summed E-state index contributed by atoms with van der Waals surface area (Å²) in [6.07, 6.45) is -0.215. The molecule has 1 unspecified atom stereocenters. The number of nitrogens with zero attached hydrogens (tertiary/aromatic N) is 4. The van der Waals surface area contributed by atoms with Gasteiger partial charge in [-0.3, -0.25) is 14.5 Å². The third-order valence-corrected chi connectivity index (χ3v) is 10.5. The number of thiazole rings is 1. The number of carbonyl (C=O) groups is 2. The first kappa shape index (κ1) is 27.7. The molecule has 0 aliphatic carbocycles. The minimum absolute atomic E-state index is 0.0881. The lowest BCUT2D eigenvalue weighted by Crippen LogP contribution is -2.49. The molecule has 212 valence electrons. The van der Waals surface area contributed by atoms with E-state index in [0.717, 1.165) is 31.3 Å². The van der Waals surface area contributed by atoms with E-state index >= 15 is 0 Å². The maximum Gasteiger partial charge on any atom is 0.252 e. The summed E-state index contributed by atoms with van der Waals surface area (Å²) in [7, 11) is -4.04. The van der Waals surface area contributed by atoms with Gasteiger partial charge in [0.05, 0.1) is 40.4 Å². The Morgan fingerprint density at radius 3 is 2.46 bits per heavy atom. The van der Waals surface area contributed by atoms with Crippen LogP contribution in [-0.4, -0.2) is 79.9 Å². The van der Waals surface area contributed by atoms with Crippen LogP contribution in [0.3, 0.4) is 0 Å². The summed E-state index contributed by atoms with van der Waals surface area (Å²) in [6, 6.07) is 20.2. The van der Waals surface area contributed by atoms with E-state index in [9.17, 15) is 18.0 Å². The van der Waals surface area contributed by atoms with Gasteiger partial charge in [-0.15, -0.1) is 11.3 Å². The van der Waals surface area contributed by atoms with E-state index in [1.165, 1.54) is 16.4 Å². The summed E-state index contributed by atoms with van der Waals surface area (Å²) >= 11 is 1.58. The molecule has 9 nitrogen and oxygen atoms in total. The SMILES string of the molecule is Cc1ccc2nc(-c3ccc(N4C(=O)CC(N(CCN5CCOCC5)S(=O)(=O)c5ccccc5)C4=O)cc3)sc2c1. The molecule has 3 aromatic carbocycles. The highest BCUT2D eigenvalue weighted by atomic mass is 32.2. The van der Waals surface area contributed by atoms with Crippen LogP contribution in [0.25, 0.3) is 20.8 Å². The summed E-state index contributed by atoms with van der Waals surface area (Å²) in [4.78, 5) is 35.0. The van der Waals surface area contributed by atoms with Crippen LogP contribution in [0.4, 0.5) is 5.69 Å². The van der Waals surface area contributed by atoms with Gasteiger partial charge in [0.15, 0.2) is 0 Å². The molecule has 1 aromatic heterocycles. The Morgan fingerprint density at radius 2 is 1.73 bits per heavy atom. The van der Waals surface area contributed by atoms with Gasteiger partial charge in [-0.1, -0.05) is 24.3 Å². The summed E-state index contributed by atoms with van der Waals surface area (Å²) in [5.74, 6) is -0.970. The van der Waals surface area contributed by atoms with Gasteiger partial charge in [-0.25, -0.2) is 18.3 Å². The van der Waals surface area contributed by atoms with Gasteiger partial charge >= 0.3 is 0 Å². The zero-order valence-corrected chi connectivity index (χ0v) is 24.2. The molecule has 2 fully saturated rings. The molecule has 0 N–H and O–H groups in total. The average Bonchev–Trinajstić information content (AvgIpc) is 3.53. The van der Waals surface area contributed by atoms with Crippen LogP contribution in [0.15, 0.2) is 77.7 Å². The first-order chi connectivity index (χ1) is 19.8. The fourth-order valence-corrected chi connectivity index (χ4v) is 7.92. The predicted molar refractivity (Wildman–Crippen MR) is 158 cm³/mol. The number of carbonyl (C=O) groups excluding carboxylic acids is 2. The molecule has 1 atom stereocenters. The zero-order valence-electron chi connectivity index (χ0n) is 22.6. The van der Waals surface area contributed by atoms with Gasteiger partial charge in [-0.05, 0) is 61.0 Å². The Morgan fingerprint density at radius 1 is 1.00 bits per heavy atom. The van der Waals surface area contributed by atoms with E-state index < -0.39 is 27.9 Å². The van der Waals surface area contributed by atoms with Gasteiger partial charge in [0, 0.05) is 31.7 Å². The predicted octanol–water partition coefficient (Wildman–Crippen LogP) is 3.93. The van der Waals surface area contributed by atoms with Crippen molar-refractivity contribution in [2.75, 3.05) is 44.3 Å². The molecule has 6 rings (SSSR count). The molecule has 0 bridgehead atoms. The van der Waals surface area contributed by atoms with Crippen LogP contribution in [0.2, 0.25) is 0 Å². The Kier molecular flexibility index (Phi) is 7.71. The largest absolute Gasteiger partial charge is 0.379 e. The van der Waals surface area contributed by atoms with Crippen molar-refractivity contribution < 1.29 is 22.7 Å². The highest BCUT2D eigenvalue weighted by Gasteiger charge is 2.47. The number of rotatable bonds is 8. The monoisotopic (exact) mass is 590 g/mol. The van der Waals surface area contributed by atoms with Crippen LogP contribution >= 0.6 is 11.3 Å². The molecule has 41 heavy (non-hydrogen) atoms. The van der Waals surface area contributed by atoms with Gasteiger partial charge < -0.3 is 4.74 Å². The van der Waals surface area contributed by atoms with E-state index in [2.05, 4.69) is 11.0 Å². The number of aryl methyl sites for hydroxylation is 1. The molecule has 0 spiro atoms. The number of benzene rings is 3. The smallest absolute Gasteiger partial charge is 0.252 e. The van der Waals surface area contributed by atoms with Crippen molar-refractivity contribution in [2.24, 2.45) is 0 Å². The number of fused-ring (bicyclic) bond motifs is 1. The van der Waals surface area contributed by atoms with E-state index in [-0.39, 0.29) is 17.9 Å². The minimum Gasteiger partial charge on any atom is -0.379 e. The van der Waals surface area contributed by atoms with Gasteiger partial charge in [0.1, 0.15) is 11.0 Å². The topological polar surface area (TPSA) is 100 Å². The lowest BCUT2D eigenvalue weighted by molar-refractivity contribution is -0.122. The maximum atomic E-state index is 13.8. The molecule has 11 heteroatoms. The molecule has 2 amide bonds. The van der Waals surface area contributed by atoms with Crippen molar-refractivity contribution in [2.45, 2.75) is 24.3 Å². The van der Waals surface area contributed by atoms with E-state index in [0.29, 0.717) is 38.5 Å². The summed E-state index contributed by atoms with van der Waals surface area (Å²) in [6.45, 7) is 5.08. The number of hydrogen-bond acceptors (Lipinski definition) is 8. The van der Waals surface area contributed by atoms with E-state index in [1.807, 2.05) is 31.2 Å². The first-order valence-corrected chi connectivity index (χ1v) is 15.8. The molecule has 3 heterocycles. The van der Waals surface area contributed by atoms with E-state index in [1.54, 1.807) is 41.7 Å². The standard InChI is InChI=1S/C30H30N4O5S2/c1-21-7-12-25-27(19-21)40-29(31-25)22-8-10-23(11-9-22)34-28(35)20-26(30(34)36)33(14-13-32-15-17-39-18-16-32)41(37,38)24-5-3-2-4-6-24/h2-12,19,26H,13-18,20H2,1H3. The second kappa shape index (κ2) is 11.4. The van der Waals surface area contributed by atoms with Crippen LogP contribution in [-0.2, 0) is 24.3 Å². The molecule has 0 radical (unpaired) electrons. The second-order valence-corrected chi connectivity index (χ2v) is 13.1. The number of amides is 2. The summed E-state index contributed by atoms with van der Waals surface area (Å²) in [5.41, 5.74) is 3.37. The Balaban J connectivity index is 1.26. The average molecular weight is 591 g/mol. The fraction of sp³-hybridized carbons (Fsp3) is 0.300. The maximum absolute atomic E-state index is 13.8. The van der Waals surface area contributed by atoms with Crippen molar-refractivity contribution in [3.05, 3.63) is 78.4 Å². The molecule has 2 saturated heterocycles. The number of ether oxygens (including phenoxy) is 1. The molecule has 2 aliphatic rings. The van der Waals surface area contributed by atoms with E-state index in [4.69, 9.17) is 9.72 Å². The molecule has 0 saturated carbocycles. The summed E-state index contributed by atoms with van der Waals surface area (Å²) < 4.78 is 35.3. The van der Waals surface area contributed by atoms with Crippen LogP contribution in [0, 0.1) is 6.92 Å². The quantitative estimate of drug-likeness (QED) is 0.287. The van der Waals surface area contributed by atoms with Gasteiger partial charge in [0.25, 0.3) is 5.91 Å². The van der Waals surface area contributed by atoms with Gasteiger partial charge in [0.2, 0.25) is 15.9 Å². The molecule has 2 aliphatic heterocycles. The first-order valence-electron chi connectivity index (χ1n) is 13.5. The third-order valence-electron chi connectivity index (χ3n) is 7.48. The molecule has 4 aromatic rings. The van der Waals surface area contributed by atoms with Crippen molar-refractivity contribution in [3.8, 4) is 10.6 Å². The van der Waals surface area contributed by atoms with Crippen LogP contribution in [0.1, 0.15) is 12.0 Å². The third kappa shape index (κ3) is 5.55. The number of aromatic nitrogens is 1. The number of anilines is 1. The molecular weight excluding hydrogens is 560 g/mol. The summed E-state index contributed by atoms with van der Waals surface area (Å²) in [5, 5.41) is 0.845. The van der Waals surface area contributed by atoms with Crippen molar-refractivity contribution in [1.29, 1.82) is 0 Å². The number of imide groups is 1. The minimum atomic E-state index is -4.04. The lowest BCUT2D eigenvalue weighted by atomic mass is 10.2. The number of hydrogen-bond donors (Lipinski definition) is 0. The highest BCUT2D eigenvalue weighted by Crippen LogP contribution is 2.34. The number of morpholine rings is 1. The molecular formula is C30H30N4O5S2. The van der Waals surface area contributed by atoms with Crippen molar-refractivity contribution >= 4 is 49.1 Å². The van der Waals surface area contributed by atoms with Crippen LogP contribution in [0.5, 0.6) is 0 Å². The zero-order chi connectivity index (χ0) is 28.6. The van der Waals surface area contributed by atoms with Crippen molar-refractivity contribution in [3.63, 3.8) is 0 Å². The number of sulfonamides is 1. The lowest BCUT2D eigenvalue weighted by Gasteiger charge is -2.31. The Labute approximate surface area is 243 Å². The van der Waals surface area contributed by atoms with Crippen molar-refractivity contribution in [1.82, 2.24) is 14.2 Å². The second-order valence-electron chi connectivity index (χ2n) is 10.2.